The van der Waals surface area contributed by atoms with Crippen LogP contribution in [0.1, 0.15) is 37.0 Å². The highest BCUT2D eigenvalue weighted by molar-refractivity contribution is 5.99. The van der Waals surface area contributed by atoms with Crippen molar-refractivity contribution in [2.24, 2.45) is 0 Å². The van der Waals surface area contributed by atoms with Crippen molar-refractivity contribution < 1.29 is 9.90 Å². The number of aromatic nitrogens is 1. The Kier molecular flexibility index (Phi) is 6.29. The van der Waals surface area contributed by atoms with E-state index < -0.39 is 0 Å². The van der Waals surface area contributed by atoms with Gasteiger partial charge in [0.25, 0.3) is 5.91 Å². The third-order valence-electron chi connectivity index (χ3n) is 3.31. The molecule has 19 heavy (non-hydrogen) atoms. The van der Waals surface area contributed by atoms with Crippen molar-refractivity contribution in [3.63, 3.8) is 0 Å². The highest BCUT2D eigenvalue weighted by atomic mass is 16.3. The standard InChI is InChI=1S/C14H23N3O2/c1-4-11(5-2)17(8-9-18)14(19)12-6-7-16-10-13(12)15-3/h6-7,10-11,15,18H,4-5,8-9H2,1-3H3. The summed E-state index contributed by atoms with van der Waals surface area (Å²) in [6.45, 7) is 4.44. The quantitative estimate of drug-likeness (QED) is 0.788. The Labute approximate surface area is 114 Å². The van der Waals surface area contributed by atoms with Gasteiger partial charge in [-0.05, 0) is 18.9 Å². The second kappa shape index (κ2) is 7.74. The minimum absolute atomic E-state index is 0.0256. The first-order chi connectivity index (χ1) is 9.19. The number of hydrogen-bond acceptors (Lipinski definition) is 4. The molecule has 2 N–H and O–H groups in total. The molecule has 1 rings (SSSR count). The van der Waals surface area contributed by atoms with E-state index in [1.54, 1.807) is 30.4 Å². The predicted molar refractivity (Wildman–Crippen MR) is 76.3 cm³/mol. The van der Waals surface area contributed by atoms with Crippen molar-refractivity contribution in [2.45, 2.75) is 32.7 Å². The normalized spacial score (nSPS) is 10.6. The molecule has 0 aromatic carbocycles. The maximum Gasteiger partial charge on any atom is 0.256 e. The number of pyridine rings is 1. The van der Waals surface area contributed by atoms with Gasteiger partial charge in [0.2, 0.25) is 0 Å². The number of aliphatic hydroxyl groups excluding tert-OH is 1. The number of carbonyl (C=O) groups excluding carboxylic acids is 1. The molecule has 1 aromatic heterocycles. The van der Waals surface area contributed by atoms with Crippen LogP contribution in [-0.4, -0.2) is 47.1 Å². The van der Waals surface area contributed by atoms with E-state index >= 15 is 0 Å². The van der Waals surface area contributed by atoms with E-state index in [1.807, 2.05) is 0 Å². The first-order valence-electron chi connectivity index (χ1n) is 6.73. The molecule has 5 nitrogen and oxygen atoms in total. The third kappa shape index (κ3) is 3.67. The van der Waals surface area contributed by atoms with E-state index in [2.05, 4.69) is 24.1 Å². The van der Waals surface area contributed by atoms with Gasteiger partial charge < -0.3 is 15.3 Å². The van der Waals surface area contributed by atoms with Crippen molar-refractivity contribution >= 4 is 11.6 Å². The van der Waals surface area contributed by atoms with Gasteiger partial charge in [-0.15, -0.1) is 0 Å². The van der Waals surface area contributed by atoms with Crippen molar-refractivity contribution in [1.82, 2.24) is 9.88 Å². The number of amides is 1. The molecule has 0 aliphatic carbocycles. The van der Waals surface area contributed by atoms with E-state index in [1.165, 1.54) is 0 Å². The second-order valence-corrected chi connectivity index (χ2v) is 4.36. The smallest absolute Gasteiger partial charge is 0.256 e. The molecule has 0 radical (unpaired) electrons. The highest BCUT2D eigenvalue weighted by Crippen LogP contribution is 2.18. The summed E-state index contributed by atoms with van der Waals surface area (Å²) < 4.78 is 0. The Bertz CT molecular complexity index is 405. The fraction of sp³-hybridized carbons (Fsp3) is 0.571. The molecule has 0 atom stereocenters. The van der Waals surface area contributed by atoms with E-state index in [4.69, 9.17) is 0 Å². The van der Waals surface area contributed by atoms with Gasteiger partial charge in [-0.2, -0.15) is 0 Å². The summed E-state index contributed by atoms with van der Waals surface area (Å²) in [5, 5.41) is 12.2. The lowest BCUT2D eigenvalue weighted by molar-refractivity contribution is 0.0623. The zero-order valence-corrected chi connectivity index (χ0v) is 11.9. The number of nitrogens with zero attached hydrogens (tertiary/aromatic N) is 2. The van der Waals surface area contributed by atoms with Crippen LogP contribution in [-0.2, 0) is 0 Å². The number of anilines is 1. The molecule has 0 aliphatic rings. The Morgan fingerprint density at radius 1 is 1.47 bits per heavy atom. The molecular weight excluding hydrogens is 242 g/mol. The van der Waals surface area contributed by atoms with Crippen LogP contribution in [0.15, 0.2) is 18.5 Å². The van der Waals surface area contributed by atoms with Gasteiger partial charge in [-0.3, -0.25) is 9.78 Å². The average Bonchev–Trinajstić information content (AvgIpc) is 2.46. The summed E-state index contributed by atoms with van der Waals surface area (Å²) >= 11 is 0. The first-order valence-corrected chi connectivity index (χ1v) is 6.73. The van der Waals surface area contributed by atoms with E-state index in [9.17, 15) is 9.90 Å². The fourth-order valence-corrected chi connectivity index (χ4v) is 2.22. The van der Waals surface area contributed by atoms with Crippen molar-refractivity contribution in [2.75, 3.05) is 25.5 Å². The lowest BCUT2D eigenvalue weighted by atomic mass is 10.1. The molecule has 0 spiro atoms. The lowest BCUT2D eigenvalue weighted by Gasteiger charge is -2.30. The van der Waals surface area contributed by atoms with Crippen molar-refractivity contribution in [1.29, 1.82) is 0 Å². The molecular formula is C14H23N3O2. The Hall–Kier alpha value is -1.62. The van der Waals surface area contributed by atoms with Crippen LogP contribution in [0.2, 0.25) is 0 Å². The van der Waals surface area contributed by atoms with Gasteiger partial charge in [0.1, 0.15) is 0 Å². The van der Waals surface area contributed by atoms with E-state index in [0.717, 1.165) is 12.8 Å². The van der Waals surface area contributed by atoms with Gasteiger partial charge in [0.05, 0.1) is 24.1 Å². The summed E-state index contributed by atoms with van der Waals surface area (Å²) in [6, 6.07) is 1.86. The van der Waals surface area contributed by atoms with E-state index in [0.29, 0.717) is 17.8 Å². The molecule has 0 aliphatic heterocycles. The zero-order valence-electron chi connectivity index (χ0n) is 11.9. The van der Waals surface area contributed by atoms with Crippen LogP contribution >= 0.6 is 0 Å². The average molecular weight is 265 g/mol. The zero-order chi connectivity index (χ0) is 14.3. The SMILES string of the molecule is CCC(CC)N(CCO)C(=O)c1ccncc1NC. The van der Waals surface area contributed by atoms with Gasteiger partial charge in [0.15, 0.2) is 0 Å². The van der Waals surface area contributed by atoms with Crippen LogP contribution in [0.4, 0.5) is 5.69 Å². The van der Waals surface area contributed by atoms with Crippen LogP contribution in [0, 0.1) is 0 Å². The second-order valence-electron chi connectivity index (χ2n) is 4.36. The van der Waals surface area contributed by atoms with E-state index in [-0.39, 0.29) is 18.6 Å². The molecule has 0 saturated heterocycles. The molecule has 0 fully saturated rings. The summed E-state index contributed by atoms with van der Waals surface area (Å²) in [4.78, 5) is 18.4. The van der Waals surface area contributed by atoms with Crippen LogP contribution in [0.3, 0.4) is 0 Å². The Morgan fingerprint density at radius 2 is 2.16 bits per heavy atom. The van der Waals surface area contributed by atoms with Gasteiger partial charge in [0, 0.05) is 25.8 Å². The Morgan fingerprint density at radius 3 is 2.68 bits per heavy atom. The fourth-order valence-electron chi connectivity index (χ4n) is 2.22. The summed E-state index contributed by atoms with van der Waals surface area (Å²) in [5.41, 5.74) is 1.30. The molecule has 0 unspecified atom stereocenters. The monoisotopic (exact) mass is 265 g/mol. The van der Waals surface area contributed by atoms with Gasteiger partial charge in [-0.1, -0.05) is 13.8 Å². The third-order valence-corrected chi connectivity index (χ3v) is 3.31. The number of hydrogen-bond donors (Lipinski definition) is 2. The Balaban J connectivity index is 3.04. The number of rotatable bonds is 7. The van der Waals surface area contributed by atoms with Crippen LogP contribution < -0.4 is 5.32 Å². The molecule has 1 heterocycles. The molecule has 1 amide bonds. The maximum absolute atomic E-state index is 12.6. The topological polar surface area (TPSA) is 65.5 Å². The predicted octanol–water partition coefficient (Wildman–Crippen LogP) is 1.75. The number of carbonyl (C=O) groups is 1. The molecule has 1 aromatic rings. The minimum Gasteiger partial charge on any atom is -0.395 e. The number of aliphatic hydroxyl groups is 1. The minimum atomic E-state index is -0.0606. The molecule has 5 heteroatoms. The van der Waals surface area contributed by atoms with Gasteiger partial charge in [-0.25, -0.2) is 0 Å². The first kappa shape index (κ1) is 15.4. The van der Waals surface area contributed by atoms with Crippen molar-refractivity contribution in [3.05, 3.63) is 24.0 Å². The lowest BCUT2D eigenvalue weighted by Crippen LogP contribution is -2.41. The molecule has 0 saturated carbocycles. The summed E-state index contributed by atoms with van der Waals surface area (Å²) in [6.07, 6.45) is 5.00. The number of nitrogens with one attached hydrogen (secondary N) is 1. The van der Waals surface area contributed by atoms with Gasteiger partial charge >= 0.3 is 0 Å². The summed E-state index contributed by atoms with van der Waals surface area (Å²) in [5.74, 6) is -0.0606. The van der Waals surface area contributed by atoms with Crippen LogP contribution in [0.5, 0.6) is 0 Å². The highest BCUT2D eigenvalue weighted by Gasteiger charge is 2.23. The summed E-state index contributed by atoms with van der Waals surface area (Å²) in [7, 11) is 1.77. The largest absolute Gasteiger partial charge is 0.395 e. The molecule has 106 valence electrons. The van der Waals surface area contributed by atoms with Crippen molar-refractivity contribution in [3.8, 4) is 0 Å². The van der Waals surface area contributed by atoms with Crippen LogP contribution in [0.25, 0.3) is 0 Å². The molecule has 0 bridgehead atoms. The maximum atomic E-state index is 12.6.